The van der Waals surface area contributed by atoms with Crippen molar-refractivity contribution < 1.29 is 5.11 Å². The summed E-state index contributed by atoms with van der Waals surface area (Å²) < 4.78 is 0. The van der Waals surface area contributed by atoms with E-state index in [1.165, 1.54) is 5.56 Å². The van der Waals surface area contributed by atoms with Gasteiger partial charge in [-0.3, -0.25) is 0 Å². The maximum absolute atomic E-state index is 10.1. The smallest absolute Gasteiger partial charge is 0.0992 e. The topological polar surface area (TPSA) is 32.3 Å². The fraction of sp³-hybridized carbons (Fsp3) is 0.500. The van der Waals surface area contributed by atoms with Gasteiger partial charge in [0.05, 0.1) is 5.60 Å². The van der Waals surface area contributed by atoms with Crippen LogP contribution in [0, 0.1) is 6.92 Å². The Bertz CT molecular complexity index is 277. The highest BCUT2D eigenvalue weighted by atomic mass is 16.3. The van der Waals surface area contributed by atoms with Gasteiger partial charge in [0.1, 0.15) is 0 Å². The fourth-order valence-corrected chi connectivity index (χ4v) is 1.38. The zero-order valence-corrected chi connectivity index (χ0v) is 9.17. The number of aryl methyl sites for hydroxylation is 1. The van der Waals surface area contributed by atoms with Crippen LogP contribution in [0.25, 0.3) is 0 Å². The van der Waals surface area contributed by atoms with E-state index in [-0.39, 0.29) is 0 Å². The van der Waals surface area contributed by atoms with Gasteiger partial charge in [0, 0.05) is 6.54 Å². The molecule has 1 unspecified atom stereocenters. The average Bonchev–Trinajstić information content (AvgIpc) is 2.16. The summed E-state index contributed by atoms with van der Waals surface area (Å²) in [6, 6.07) is 8.00. The summed E-state index contributed by atoms with van der Waals surface area (Å²) in [7, 11) is 0. The number of benzene rings is 1. The summed E-state index contributed by atoms with van der Waals surface area (Å²) in [4.78, 5) is 0. The van der Waals surface area contributed by atoms with Crippen molar-refractivity contribution in [1.29, 1.82) is 0 Å². The molecule has 0 saturated carbocycles. The predicted octanol–water partition coefficient (Wildman–Crippen LogP) is 1.81. The first kappa shape index (κ1) is 11.2. The normalized spacial score (nSPS) is 15.1. The Morgan fingerprint density at radius 1 is 1.29 bits per heavy atom. The molecule has 0 saturated heterocycles. The fourth-order valence-electron chi connectivity index (χ4n) is 1.38. The third-order valence-corrected chi connectivity index (χ3v) is 2.39. The van der Waals surface area contributed by atoms with E-state index in [1.807, 2.05) is 45.0 Å². The zero-order chi connectivity index (χ0) is 10.6. The molecule has 78 valence electrons. The SMILES string of the molecule is CCNCC(C)(O)c1ccc(C)cc1. The predicted molar refractivity (Wildman–Crippen MR) is 59.3 cm³/mol. The standard InChI is InChI=1S/C12H19NO/c1-4-13-9-12(3,14)11-7-5-10(2)6-8-11/h5-8,13-14H,4,9H2,1-3H3. The molecule has 0 spiro atoms. The molecule has 0 amide bonds. The van der Waals surface area contributed by atoms with Crippen LogP contribution in [-0.2, 0) is 5.60 Å². The Balaban J connectivity index is 2.75. The second-order valence-electron chi connectivity index (χ2n) is 3.92. The van der Waals surface area contributed by atoms with Crippen molar-refractivity contribution in [2.45, 2.75) is 26.4 Å². The molecule has 0 heterocycles. The van der Waals surface area contributed by atoms with Gasteiger partial charge < -0.3 is 10.4 Å². The first-order valence-electron chi connectivity index (χ1n) is 5.06. The highest BCUT2D eigenvalue weighted by Crippen LogP contribution is 2.19. The van der Waals surface area contributed by atoms with Crippen molar-refractivity contribution in [3.05, 3.63) is 35.4 Å². The highest BCUT2D eigenvalue weighted by molar-refractivity contribution is 5.26. The average molecular weight is 193 g/mol. The van der Waals surface area contributed by atoms with Gasteiger partial charge in [0.2, 0.25) is 0 Å². The molecule has 2 heteroatoms. The Morgan fingerprint density at radius 2 is 1.86 bits per heavy atom. The van der Waals surface area contributed by atoms with Crippen molar-refractivity contribution in [1.82, 2.24) is 5.32 Å². The molecule has 0 aliphatic rings. The summed E-state index contributed by atoms with van der Waals surface area (Å²) in [6.45, 7) is 7.38. The highest BCUT2D eigenvalue weighted by Gasteiger charge is 2.21. The molecule has 1 aromatic carbocycles. The minimum Gasteiger partial charge on any atom is -0.384 e. The van der Waals surface area contributed by atoms with Crippen molar-refractivity contribution >= 4 is 0 Å². The van der Waals surface area contributed by atoms with Crippen LogP contribution in [0.3, 0.4) is 0 Å². The van der Waals surface area contributed by atoms with E-state index in [9.17, 15) is 5.11 Å². The number of hydrogen-bond acceptors (Lipinski definition) is 2. The quantitative estimate of drug-likeness (QED) is 0.764. The van der Waals surface area contributed by atoms with Gasteiger partial charge in [-0.1, -0.05) is 36.8 Å². The van der Waals surface area contributed by atoms with Gasteiger partial charge in [-0.15, -0.1) is 0 Å². The Hall–Kier alpha value is -0.860. The Kier molecular flexibility index (Phi) is 3.67. The van der Waals surface area contributed by atoms with E-state index in [0.29, 0.717) is 6.54 Å². The lowest BCUT2D eigenvalue weighted by Gasteiger charge is -2.24. The molecule has 0 aliphatic carbocycles. The molecule has 2 N–H and O–H groups in total. The molecular formula is C12H19NO. The third-order valence-electron chi connectivity index (χ3n) is 2.39. The van der Waals surface area contributed by atoms with E-state index >= 15 is 0 Å². The van der Waals surface area contributed by atoms with Crippen LogP contribution in [0.2, 0.25) is 0 Å². The molecule has 14 heavy (non-hydrogen) atoms. The van der Waals surface area contributed by atoms with Crippen LogP contribution in [0.15, 0.2) is 24.3 Å². The number of aliphatic hydroxyl groups is 1. The van der Waals surface area contributed by atoms with Crippen LogP contribution >= 0.6 is 0 Å². The van der Waals surface area contributed by atoms with Crippen LogP contribution < -0.4 is 5.32 Å². The van der Waals surface area contributed by atoms with Crippen molar-refractivity contribution in [2.24, 2.45) is 0 Å². The molecule has 0 aliphatic heterocycles. The minimum atomic E-state index is -0.774. The van der Waals surface area contributed by atoms with E-state index in [0.717, 1.165) is 12.1 Å². The van der Waals surface area contributed by atoms with Gasteiger partial charge in [-0.2, -0.15) is 0 Å². The van der Waals surface area contributed by atoms with Crippen molar-refractivity contribution in [3.63, 3.8) is 0 Å². The van der Waals surface area contributed by atoms with E-state index in [2.05, 4.69) is 5.32 Å². The first-order valence-corrected chi connectivity index (χ1v) is 5.06. The summed E-state index contributed by atoms with van der Waals surface area (Å²) >= 11 is 0. The van der Waals surface area contributed by atoms with E-state index < -0.39 is 5.60 Å². The number of nitrogens with one attached hydrogen (secondary N) is 1. The summed E-state index contributed by atoms with van der Waals surface area (Å²) in [5.74, 6) is 0. The number of likely N-dealkylation sites (N-methyl/N-ethyl adjacent to an activating group) is 1. The molecule has 0 fully saturated rings. The number of rotatable bonds is 4. The molecule has 1 aromatic rings. The second kappa shape index (κ2) is 4.58. The van der Waals surface area contributed by atoms with Gasteiger partial charge in [0.15, 0.2) is 0 Å². The lowest BCUT2D eigenvalue weighted by molar-refractivity contribution is 0.0576. The molecule has 2 nitrogen and oxygen atoms in total. The first-order chi connectivity index (χ1) is 6.56. The van der Waals surface area contributed by atoms with Crippen LogP contribution in [0.5, 0.6) is 0 Å². The Morgan fingerprint density at radius 3 is 2.36 bits per heavy atom. The van der Waals surface area contributed by atoms with Gasteiger partial charge in [-0.25, -0.2) is 0 Å². The van der Waals surface area contributed by atoms with Crippen LogP contribution in [0.1, 0.15) is 25.0 Å². The molecule has 0 aromatic heterocycles. The van der Waals surface area contributed by atoms with Crippen LogP contribution in [-0.4, -0.2) is 18.2 Å². The maximum Gasteiger partial charge on any atom is 0.0992 e. The van der Waals surface area contributed by atoms with Gasteiger partial charge in [-0.05, 0) is 26.0 Å². The molecule has 1 atom stereocenters. The summed E-state index contributed by atoms with van der Waals surface area (Å²) in [5, 5.41) is 13.3. The molecule has 0 bridgehead atoms. The maximum atomic E-state index is 10.1. The van der Waals surface area contributed by atoms with Crippen molar-refractivity contribution in [3.8, 4) is 0 Å². The van der Waals surface area contributed by atoms with E-state index in [1.54, 1.807) is 0 Å². The summed E-state index contributed by atoms with van der Waals surface area (Å²) in [6.07, 6.45) is 0. The minimum absolute atomic E-state index is 0.590. The third kappa shape index (κ3) is 2.82. The number of hydrogen-bond donors (Lipinski definition) is 2. The summed E-state index contributed by atoms with van der Waals surface area (Å²) in [5.41, 5.74) is 1.40. The second-order valence-corrected chi connectivity index (χ2v) is 3.92. The van der Waals surface area contributed by atoms with Gasteiger partial charge >= 0.3 is 0 Å². The lowest BCUT2D eigenvalue weighted by atomic mass is 9.95. The van der Waals surface area contributed by atoms with Crippen molar-refractivity contribution in [2.75, 3.05) is 13.1 Å². The lowest BCUT2D eigenvalue weighted by Crippen LogP contribution is -2.35. The molecule has 1 rings (SSSR count). The zero-order valence-electron chi connectivity index (χ0n) is 9.17. The van der Waals surface area contributed by atoms with Gasteiger partial charge in [0.25, 0.3) is 0 Å². The van der Waals surface area contributed by atoms with E-state index in [4.69, 9.17) is 0 Å². The van der Waals surface area contributed by atoms with Crippen LogP contribution in [0.4, 0.5) is 0 Å². The largest absolute Gasteiger partial charge is 0.384 e. The Labute approximate surface area is 86.0 Å². The molecular weight excluding hydrogens is 174 g/mol. The monoisotopic (exact) mass is 193 g/mol. The molecule has 0 radical (unpaired) electrons.